The Kier molecular flexibility index (Phi) is 10.1. The van der Waals surface area contributed by atoms with Gasteiger partial charge in [0.1, 0.15) is 11.5 Å². The molecule has 2 aromatic rings. The van der Waals surface area contributed by atoms with Crippen molar-refractivity contribution in [3.63, 3.8) is 0 Å². The summed E-state index contributed by atoms with van der Waals surface area (Å²) in [7, 11) is 1.52. The predicted octanol–water partition coefficient (Wildman–Crippen LogP) is 7.36. The summed E-state index contributed by atoms with van der Waals surface area (Å²) in [5.74, 6) is 0.267. The molecule has 0 spiro atoms. The zero-order chi connectivity index (χ0) is 30.5. The lowest BCUT2D eigenvalue weighted by Gasteiger charge is -2.28. The summed E-state index contributed by atoms with van der Waals surface area (Å²) in [6, 6.07) is 8.08. The Morgan fingerprint density at radius 1 is 0.850 bits per heavy atom. The van der Waals surface area contributed by atoms with Gasteiger partial charge in [-0.25, -0.2) is 0 Å². The van der Waals surface area contributed by atoms with Gasteiger partial charge in [-0.3, -0.25) is 14.4 Å². The highest BCUT2D eigenvalue weighted by Crippen LogP contribution is 2.46. The molecule has 0 heterocycles. The van der Waals surface area contributed by atoms with Gasteiger partial charge in [0.25, 0.3) is 0 Å². The fourth-order valence-corrected chi connectivity index (χ4v) is 3.39. The van der Waals surface area contributed by atoms with Crippen LogP contribution in [-0.2, 0) is 15.0 Å². The summed E-state index contributed by atoms with van der Waals surface area (Å²) in [5, 5.41) is 0. The van der Waals surface area contributed by atoms with Gasteiger partial charge >= 0.3 is 11.9 Å². The third kappa shape index (κ3) is 7.84. The molecule has 7 nitrogen and oxygen atoms in total. The summed E-state index contributed by atoms with van der Waals surface area (Å²) in [6.45, 7) is 20.6. The van der Waals surface area contributed by atoms with Gasteiger partial charge in [0.2, 0.25) is 0 Å². The SMILES string of the molecule is C=CC(C)(C)c1cc(OC)c(OCC)c(C=CC(=O)c2ccc(OC(=O)C(C)(C)C)cc2)c1OC(=O)C(C)(C)C. The monoisotopic (exact) mass is 550 g/mol. The van der Waals surface area contributed by atoms with Gasteiger partial charge in [-0.15, -0.1) is 6.58 Å². The van der Waals surface area contributed by atoms with Gasteiger partial charge in [0.05, 0.1) is 30.1 Å². The molecule has 0 N–H and O–H groups in total. The standard InChI is InChI=1S/C33H42O7/c1-12-33(9,10)24-20-26(37-11)28(38-13-2)23(27(24)40-30(36)32(6,7)8)18-19-25(34)21-14-16-22(17-15-21)39-29(35)31(3,4)5/h12,14-20H,1,13H2,2-11H3. The van der Waals surface area contributed by atoms with Crippen LogP contribution < -0.4 is 18.9 Å². The Morgan fingerprint density at radius 3 is 1.88 bits per heavy atom. The fraction of sp³-hybridized carbons (Fsp3) is 0.424. The quantitative estimate of drug-likeness (QED) is 0.100. The van der Waals surface area contributed by atoms with Crippen molar-refractivity contribution in [1.29, 1.82) is 0 Å². The molecule has 7 heteroatoms. The number of carbonyl (C=O) groups is 3. The summed E-state index contributed by atoms with van der Waals surface area (Å²) >= 11 is 0. The van der Waals surface area contributed by atoms with Crippen molar-refractivity contribution < 1.29 is 33.3 Å². The van der Waals surface area contributed by atoms with E-state index in [1.54, 1.807) is 84.0 Å². The molecule has 0 aliphatic rings. The largest absolute Gasteiger partial charge is 0.493 e. The topological polar surface area (TPSA) is 88.1 Å². The number of benzene rings is 2. The van der Waals surface area contributed by atoms with E-state index in [1.807, 2.05) is 20.8 Å². The zero-order valence-electron chi connectivity index (χ0n) is 25.4. The highest BCUT2D eigenvalue weighted by atomic mass is 16.5. The molecule has 0 aliphatic carbocycles. The normalized spacial score (nSPS) is 12.2. The molecule has 0 aromatic heterocycles. The molecule has 0 saturated heterocycles. The van der Waals surface area contributed by atoms with Crippen molar-refractivity contribution in [2.45, 2.75) is 67.7 Å². The Labute approximate surface area is 238 Å². The summed E-state index contributed by atoms with van der Waals surface area (Å²) in [4.78, 5) is 38.4. The van der Waals surface area contributed by atoms with Crippen LogP contribution in [0.1, 0.15) is 83.8 Å². The molecule has 216 valence electrons. The van der Waals surface area contributed by atoms with Crippen LogP contribution in [0.4, 0.5) is 0 Å². The highest BCUT2D eigenvalue weighted by molar-refractivity contribution is 6.07. The Hall–Kier alpha value is -3.87. The fourth-order valence-electron chi connectivity index (χ4n) is 3.39. The minimum Gasteiger partial charge on any atom is -0.493 e. The number of ketones is 1. The number of carbonyl (C=O) groups excluding carboxylic acids is 3. The van der Waals surface area contributed by atoms with Crippen LogP contribution in [0.5, 0.6) is 23.0 Å². The van der Waals surface area contributed by atoms with Gasteiger partial charge in [-0.05, 0) is 91.0 Å². The van der Waals surface area contributed by atoms with Crippen molar-refractivity contribution in [2.24, 2.45) is 10.8 Å². The van der Waals surface area contributed by atoms with Crippen LogP contribution in [-0.4, -0.2) is 31.4 Å². The number of esters is 2. The van der Waals surface area contributed by atoms with Crippen LogP contribution in [0, 0.1) is 10.8 Å². The van der Waals surface area contributed by atoms with E-state index in [0.717, 1.165) is 0 Å². The van der Waals surface area contributed by atoms with Gasteiger partial charge in [0, 0.05) is 16.5 Å². The first kappa shape index (κ1) is 32.3. The van der Waals surface area contributed by atoms with Gasteiger partial charge in [0.15, 0.2) is 17.3 Å². The number of hydrogen-bond acceptors (Lipinski definition) is 7. The van der Waals surface area contributed by atoms with E-state index in [1.165, 1.54) is 13.2 Å². The van der Waals surface area contributed by atoms with Crippen molar-refractivity contribution in [3.8, 4) is 23.0 Å². The Bertz CT molecular complexity index is 1280. The van der Waals surface area contributed by atoms with Gasteiger partial charge in [-0.2, -0.15) is 0 Å². The van der Waals surface area contributed by atoms with E-state index in [4.69, 9.17) is 18.9 Å². The maximum Gasteiger partial charge on any atom is 0.316 e. The van der Waals surface area contributed by atoms with E-state index in [0.29, 0.717) is 40.5 Å². The van der Waals surface area contributed by atoms with Crippen molar-refractivity contribution >= 4 is 23.8 Å². The number of hydrogen-bond donors (Lipinski definition) is 0. The molecule has 0 unspecified atom stereocenters. The molecular formula is C33H42O7. The molecule has 0 fully saturated rings. The van der Waals surface area contributed by atoms with Crippen molar-refractivity contribution in [3.05, 3.63) is 65.8 Å². The molecule has 0 atom stereocenters. The number of allylic oxidation sites excluding steroid dienone is 2. The van der Waals surface area contributed by atoms with Crippen LogP contribution in [0.3, 0.4) is 0 Å². The van der Waals surface area contributed by atoms with Crippen LogP contribution in [0.2, 0.25) is 0 Å². The molecule has 0 aliphatic heterocycles. The molecule has 2 rings (SSSR count). The highest BCUT2D eigenvalue weighted by Gasteiger charge is 2.32. The van der Waals surface area contributed by atoms with E-state index < -0.39 is 22.2 Å². The smallest absolute Gasteiger partial charge is 0.316 e. The lowest BCUT2D eigenvalue weighted by Crippen LogP contribution is -2.27. The van der Waals surface area contributed by atoms with Gasteiger partial charge in [-0.1, -0.05) is 19.9 Å². The lowest BCUT2D eigenvalue weighted by molar-refractivity contribution is -0.143. The van der Waals surface area contributed by atoms with Crippen LogP contribution >= 0.6 is 0 Å². The average molecular weight is 551 g/mol. The molecule has 0 saturated carbocycles. The van der Waals surface area contributed by atoms with Crippen LogP contribution in [0.15, 0.2) is 49.1 Å². The van der Waals surface area contributed by atoms with Gasteiger partial charge < -0.3 is 18.9 Å². The molecule has 0 amide bonds. The summed E-state index contributed by atoms with van der Waals surface area (Å²) < 4.78 is 23.0. The van der Waals surface area contributed by atoms with Crippen molar-refractivity contribution in [1.82, 2.24) is 0 Å². The third-order valence-corrected chi connectivity index (χ3v) is 6.12. The third-order valence-electron chi connectivity index (χ3n) is 6.12. The maximum atomic E-state index is 13.2. The van der Waals surface area contributed by atoms with E-state index in [9.17, 15) is 14.4 Å². The van der Waals surface area contributed by atoms with Crippen molar-refractivity contribution in [2.75, 3.05) is 13.7 Å². The number of ether oxygens (including phenoxy) is 4. The molecule has 0 radical (unpaired) electrons. The second-order valence-electron chi connectivity index (χ2n) is 12.1. The summed E-state index contributed by atoms with van der Waals surface area (Å²) in [6.07, 6.45) is 4.70. The lowest BCUT2D eigenvalue weighted by atomic mass is 9.82. The minimum atomic E-state index is -0.781. The molecule has 0 bridgehead atoms. The second kappa shape index (κ2) is 12.5. The minimum absolute atomic E-state index is 0.266. The number of rotatable bonds is 10. The van der Waals surface area contributed by atoms with E-state index in [-0.39, 0.29) is 17.5 Å². The van der Waals surface area contributed by atoms with E-state index >= 15 is 0 Å². The first-order chi connectivity index (χ1) is 18.5. The number of methoxy groups -OCH3 is 1. The summed E-state index contributed by atoms with van der Waals surface area (Å²) in [5.41, 5.74) is -0.619. The van der Waals surface area contributed by atoms with E-state index in [2.05, 4.69) is 6.58 Å². The molecule has 40 heavy (non-hydrogen) atoms. The molecule has 2 aromatic carbocycles. The second-order valence-corrected chi connectivity index (χ2v) is 12.1. The first-order valence-corrected chi connectivity index (χ1v) is 13.2. The maximum absolute atomic E-state index is 13.2. The Balaban J connectivity index is 2.64. The average Bonchev–Trinajstić information content (AvgIpc) is 2.87. The molecular weight excluding hydrogens is 508 g/mol. The first-order valence-electron chi connectivity index (χ1n) is 13.2. The predicted molar refractivity (Wildman–Crippen MR) is 157 cm³/mol. The zero-order valence-corrected chi connectivity index (χ0v) is 25.4. The Morgan fingerprint density at radius 2 is 1.40 bits per heavy atom. The van der Waals surface area contributed by atoms with Crippen LogP contribution in [0.25, 0.3) is 6.08 Å².